The van der Waals surface area contributed by atoms with E-state index in [1.165, 1.54) is 10.5 Å². The van der Waals surface area contributed by atoms with Crippen LogP contribution in [0.5, 0.6) is 5.75 Å². The van der Waals surface area contributed by atoms with Crippen LogP contribution in [0, 0.1) is 0 Å². The predicted octanol–water partition coefficient (Wildman–Crippen LogP) is 5.54. The second-order valence-electron chi connectivity index (χ2n) is 8.67. The fraction of sp³-hybridized carbons (Fsp3) is 0.480. The summed E-state index contributed by atoms with van der Waals surface area (Å²) in [5.41, 5.74) is 3.99. The van der Waals surface area contributed by atoms with E-state index in [9.17, 15) is 0 Å². The Morgan fingerprint density at radius 1 is 1.39 bits per heavy atom. The van der Waals surface area contributed by atoms with E-state index in [0.29, 0.717) is 6.54 Å². The van der Waals surface area contributed by atoms with Crippen LogP contribution >= 0.6 is 11.8 Å². The molecule has 0 spiro atoms. The minimum Gasteiger partial charge on any atom is -0.0625 e. The van der Waals surface area contributed by atoms with Crippen LogP contribution in [0.15, 0.2) is 48.0 Å². The maximum absolute atomic E-state index is 5.89. The molecule has 1 atom stereocenters. The van der Waals surface area contributed by atoms with Crippen LogP contribution in [0.4, 0.5) is 0 Å². The molecule has 0 aliphatic carbocycles. The van der Waals surface area contributed by atoms with Gasteiger partial charge >= 0.3 is 161 Å². The molecule has 4 nitrogen and oxygen atoms in total. The van der Waals surface area contributed by atoms with Crippen molar-refractivity contribution < 1.29 is 9.78 Å². The van der Waals surface area contributed by atoms with Crippen LogP contribution < -0.4 is 10.2 Å². The average molecular weight is 440 g/mol. The van der Waals surface area contributed by atoms with Gasteiger partial charge in [-0.3, -0.25) is 0 Å². The van der Waals surface area contributed by atoms with Crippen molar-refractivity contribution in [3.63, 3.8) is 0 Å². The Bertz CT molecular complexity index is 831. The Hall–Kier alpha value is -1.92. The van der Waals surface area contributed by atoms with Crippen LogP contribution in [0.25, 0.3) is 4.91 Å². The fourth-order valence-electron chi connectivity index (χ4n) is 3.40. The second-order valence-corrected chi connectivity index (χ2v) is 9.65. The quantitative estimate of drug-likeness (QED) is 0.262. The summed E-state index contributed by atoms with van der Waals surface area (Å²) in [5.74, 6) is 0.717. The summed E-state index contributed by atoms with van der Waals surface area (Å²) in [5, 5.41) is 5.35. The third-order valence-electron chi connectivity index (χ3n) is 5.63. The molecule has 31 heavy (non-hydrogen) atoms. The number of hydrogen-bond acceptors (Lipinski definition) is 5. The van der Waals surface area contributed by atoms with Gasteiger partial charge in [-0.05, 0) is 19.3 Å². The topological polar surface area (TPSA) is 33.7 Å². The first kappa shape index (κ1) is 25.3. The summed E-state index contributed by atoms with van der Waals surface area (Å²) in [6, 6.07) is 6.57. The standard InChI is InChI=1S/C25H37BN2O2S/c1-8-25(6,7)30-29-23-15-20(24(18(3)4)31-9-2)12-13-21(23)16-27-19(5)22-11-10-14-28(22)17-26/h9,12-13,15,17,22,26-27H,2,5,8,10-11,14,16H2,1,3-4,6-7H3. The van der Waals surface area contributed by atoms with Gasteiger partial charge in [-0.2, -0.15) is 0 Å². The summed E-state index contributed by atoms with van der Waals surface area (Å²) in [6.45, 7) is 20.1. The molecular weight excluding hydrogens is 403 g/mol. The summed E-state index contributed by atoms with van der Waals surface area (Å²) in [4.78, 5) is 15.1. The van der Waals surface area contributed by atoms with Gasteiger partial charge in [0.25, 0.3) is 0 Å². The molecule has 1 aromatic rings. The van der Waals surface area contributed by atoms with Crippen molar-refractivity contribution in [3.8, 4) is 5.75 Å². The summed E-state index contributed by atoms with van der Waals surface area (Å²) < 4.78 is 0. The average Bonchev–Trinajstić information content (AvgIpc) is 3.23. The first-order valence-corrected chi connectivity index (χ1v) is 11.8. The number of allylic oxidation sites excluding steroid dienone is 1. The minimum atomic E-state index is -0.367. The second kappa shape index (κ2) is 11.6. The Morgan fingerprint density at radius 3 is 2.74 bits per heavy atom. The first-order valence-electron chi connectivity index (χ1n) is 11.0. The molecule has 1 aliphatic rings. The van der Waals surface area contributed by atoms with Gasteiger partial charge < -0.3 is 0 Å². The van der Waals surface area contributed by atoms with Crippen LogP contribution in [0.1, 0.15) is 65.0 Å². The third kappa shape index (κ3) is 7.04. The van der Waals surface area contributed by atoms with E-state index in [0.717, 1.165) is 48.4 Å². The molecule has 0 aromatic heterocycles. The molecule has 0 saturated carbocycles. The van der Waals surface area contributed by atoms with Crippen molar-refractivity contribution in [2.24, 2.45) is 0 Å². The van der Waals surface area contributed by atoms with Crippen molar-refractivity contribution in [2.75, 3.05) is 6.54 Å². The van der Waals surface area contributed by atoms with E-state index in [1.807, 2.05) is 25.3 Å². The van der Waals surface area contributed by atoms with Crippen LogP contribution in [-0.4, -0.2) is 36.7 Å². The summed E-state index contributed by atoms with van der Waals surface area (Å²) in [7, 11) is 3.93. The SMILES string of the molecule is B=CN1CCCC1C(=C)NCc1ccc(C(SC=C)=C(C)C)cc1OOC(C)(C)CC. The zero-order chi connectivity index (χ0) is 23.0. The molecule has 0 amide bonds. The van der Waals surface area contributed by atoms with Gasteiger partial charge in [0, 0.05) is 0 Å². The van der Waals surface area contributed by atoms with Crippen LogP contribution in [0.2, 0.25) is 0 Å². The van der Waals surface area contributed by atoms with Crippen molar-refractivity contribution >= 4 is 30.2 Å². The Labute approximate surface area is 193 Å². The van der Waals surface area contributed by atoms with Gasteiger partial charge in [0.05, 0.1) is 0 Å². The van der Waals surface area contributed by atoms with Crippen molar-refractivity contribution in [1.82, 2.24) is 10.2 Å². The molecular formula is C25H37BN2O2S. The Morgan fingerprint density at radius 2 is 2.13 bits per heavy atom. The van der Waals surface area contributed by atoms with Crippen molar-refractivity contribution in [3.05, 3.63) is 59.2 Å². The monoisotopic (exact) mass is 440 g/mol. The molecule has 1 aliphatic heterocycles. The number of rotatable bonds is 12. The smallest absolute Gasteiger partial charge is 0.0625 e. The minimum absolute atomic E-state index is 0.290. The summed E-state index contributed by atoms with van der Waals surface area (Å²) >= 11 is 1.62. The Kier molecular flexibility index (Phi) is 9.51. The van der Waals surface area contributed by atoms with E-state index in [1.54, 1.807) is 11.8 Å². The van der Waals surface area contributed by atoms with E-state index in [4.69, 9.17) is 9.78 Å². The fourth-order valence-corrected chi connectivity index (χ4v) is 4.07. The molecule has 1 unspecified atom stereocenters. The normalized spacial score (nSPS) is 16.0. The molecule has 0 radical (unpaired) electrons. The number of hydrogen-bond donors (Lipinski definition) is 1. The number of nitrogens with one attached hydrogen (secondary N) is 1. The van der Waals surface area contributed by atoms with E-state index in [2.05, 4.69) is 69.8 Å². The molecule has 1 aromatic carbocycles. The van der Waals surface area contributed by atoms with Crippen LogP contribution in [0.3, 0.4) is 0 Å². The van der Waals surface area contributed by atoms with Gasteiger partial charge in [0.15, 0.2) is 0 Å². The molecule has 168 valence electrons. The molecule has 0 bridgehead atoms. The van der Waals surface area contributed by atoms with E-state index in [-0.39, 0.29) is 11.6 Å². The summed E-state index contributed by atoms with van der Waals surface area (Å²) in [6.07, 6.45) is 5.01. The van der Waals surface area contributed by atoms with Gasteiger partial charge in [0.1, 0.15) is 0 Å². The molecule has 1 N–H and O–H groups in total. The molecule has 1 heterocycles. The first-order chi connectivity index (χ1) is 14.7. The zero-order valence-corrected chi connectivity index (χ0v) is 20.6. The van der Waals surface area contributed by atoms with Gasteiger partial charge in [-0.25, -0.2) is 0 Å². The van der Waals surface area contributed by atoms with E-state index < -0.39 is 0 Å². The number of benzene rings is 1. The van der Waals surface area contributed by atoms with E-state index >= 15 is 0 Å². The number of nitrogens with zero attached hydrogens (tertiary/aromatic N) is 1. The number of likely N-dealkylation sites (tertiary alicyclic amines) is 1. The van der Waals surface area contributed by atoms with Gasteiger partial charge in [0.2, 0.25) is 0 Å². The molecule has 6 heteroatoms. The Balaban J connectivity index is 2.25. The van der Waals surface area contributed by atoms with Crippen LogP contribution in [-0.2, 0) is 11.4 Å². The van der Waals surface area contributed by atoms with Crippen molar-refractivity contribution in [1.29, 1.82) is 0 Å². The number of thioether (sulfide) groups is 1. The predicted molar refractivity (Wildman–Crippen MR) is 138 cm³/mol. The van der Waals surface area contributed by atoms with Crippen molar-refractivity contribution in [2.45, 2.75) is 72.1 Å². The molecule has 1 saturated heterocycles. The maximum atomic E-state index is 5.89. The molecule has 1 fully saturated rings. The van der Waals surface area contributed by atoms with Gasteiger partial charge in [-0.1, -0.05) is 13.5 Å². The van der Waals surface area contributed by atoms with Gasteiger partial charge in [-0.15, -0.1) is 0 Å². The zero-order valence-electron chi connectivity index (χ0n) is 19.8. The third-order valence-corrected chi connectivity index (χ3v) is 6.68. The molecule has 2 rings (SSSR count).